The molecule has 20 heavy (non-hydrogen) atoms. The molecule has 0 radical (unpaired) electrons. The predicted molar refractivity (Wildman–Crippen MR) is 76.6 cm³/mol. The van der Waals surface area contributed by atoms with Crippen molar-refractivity contribution >= 4 is 5.91 Å². The summed E-state index contributed by atoms with van der Waals surface area (Å²) in [4.78, 5) is 13.9. The van der Waals surface area contributed by atoms with Crippen molar-refractivity contribution in [2.75, 3.05) is 26.2 Å². The summed E-state index contributed by atoms with van der Waals surface area (Å²) in [6.45, 7) is 3.42. The van der Waals surface area contributed by atoms with E-state index in [1.54, 1.807) is 12.1 Å². The fourth-order valence-corrected chi connectivity index (χ4v) is 2.16. The van der Waals surface area contributed by atoms with Crippen molar-refractivity contribution in [3.05, 3.63) is 35.6 Å². The monoisotopic (exact) mass is 274 g/mol. The zero-order chi connectivity index (χ0) is 14.2. The Hall–Kier alpha value is -1.86. The Bertz CT molecular complexity index is 495. The molecule has 1 fully saturated rings. The van der Waals surface area contributed by atoms with Crippen LogP contribution in [0.3, 0.4) is 0 Å². The molecule has 1 amide bonds. The first-order chi connectivity index (χ1) is 9.74. The van der Waals surface area contributed by atoms with E-state index in [0.717, 1.165) is 25.2 Å². The maximum absolute atomic E-state index is 12.7. The summed E-state index contributed by atoms with van der Waals surface area (Å²) in [6.07, 6.45) is 2.78. The number of nitrogens with zero attached hydrogens (tertiary/aromatic N) is 1. The molecule has 0 atom stereocenters. The van der Waals surface area contributed by atoms with Gasteiger partial charge in [-0.25, -0.2) is 4.39 Å². The van der Waals surface area contributed by atoms with Gasteiger partial charge in [-0.1, -0.05) is 24.0 Å². The summed E-state index contributed by atoms with van der Waals surface area (Å²) in [7, 11) is 0. The second kappa shape index (κ2) is 7.66. The first kappa shape index (κ1) is 14.5. The van der Waals surface area contributed by atoms with E-state index in [2.05, 4.69) is 22.1 Å². The first-order valence-corrected chi connectivity index (χ1v) is 6.93. The van der Waals surface area contributed by atoms with Crippen molar-refractivity contribution in [2.24, 2.45) is 0 Å². The summed E-state index contributed by atoms with van der Waals surface area (Å²) in [5.74, 6) is 5.64. The average Bonchev–Trinajstić information content (AvgIpc) is 2.94. The van der Waals surface area contributed by atoms with Crippen LogP contribution in [0.2, 0.25) is 0 Å². The number of nitrogens with one attached hydrogen (secondary N) is 1. The molecular formula is C16H19FN2O. The molecule has 1 aliphatic heterocycles. The third kappa shape index (κ3) is 5.02. The highest BCUT2D eigenvalue weighted by molar-refractivity contribution is 5.78. The summed E-state index contributed by atoms with van der Waals surface area (Å²) in [5, 5.41) is 2.75. The molecule has 2 rings (SSSR count). The highest BCUT2D eigenvalue weighted by atomic mass is 19.1. The van der Waals surface area contributed by atoms with Gasteiger partial charge in [0.25, 0.3) is 0 Å². The van der Waals surface area contributed by atoms with Crippen molar-refractivity contribution in [1.82, 2.24) is 10.2 Å². The van der Waals surface area contributed by atoms with Gasteiger partial charge in [-0.2, -0.15) is 0 Å². The van der Waals surface area contributed by atoms with Crippen LogP contribution in [0.25, 0.3) is 0 Å². The van der Waals surface area contributed by atoms with E-state index in [-0.39, 0.29) is 18.1 Å². The van der Waals surface area contributed by atoms with E-state index in [4.69, 9.17) is 0 Å². The lowest BCUT2D eigenvalue weighted by atomic mass is 10.1. The largest absolute Gasteiger partial charge is 0.345 e. The van der Waals surface area contributed by atoms with E-state index in [0.29, 0.717) is 6.54 Å². The Kier molecular flexibility index (Phi) is 5.57. The lowest BCUT2D eigenvalue weighted by Gasteiger charge is -2.08. The molecule has 0 bridgehead atoms. The molecule has 0 spiro atoms. The van der Waals surface area contributed by atoms with Gasteiger partial charge in [-0.05, 0) is 43.6 Å². The molecule has 0 aliphatic carbocycles. The van der Waals surface area contributed by atoms with Crippen molar-refractivity contribution < 1.29 is 9.18 Å². The smallest absolute Gasteiger partial charge is 0.225 e. The molecule has 3 nitrogen and oxygen atoms in total. The van der Waals surface area contributed by atoms with Gasteiger partial charge >= 0.3 is 0 Å². The number of amides is 1. The molecule has 1 aliphatic rings. The van der Waals surface area contributed by atoms with Crippen molar-refractivity contribution in [1.29, 1.82) is 0 Å². The quantitative estimate of drug-likeness (QED) is 0.846. The topological polar surface area (TPSA) is 32.3 Å². The molecule has 0 aromatic heterocycles. The standard InChI is InChI=1S/C16H19FN2O/c17-15-7-5-14(6-8-15)13-16(20)18-9-1-2-10-19-11-3-4-12-19/h5-8H,3-4,9-13H2,(H,18,20). The van der Waals surface area contributed by atoms with Crippen LogP contribution in [0.5, 0.6) is 0 Å². The number of likely N-dealkylation sites (tertiary alicyclic amines) is 1. The average molecular weight is 274 g/mol. The van der Waals surface area contributed by atoms with Crippen molar-refractivity contribution in [2.45, 2.75) is 19.3 Å². The summed E-state index contributed by atoms with van der Waals surface area (Å²) >= 11 is 0. The van der Waals surface area contributed by atoms with Gasteiger partial charge in [0.1, 0.15) is 5.82 Å². The van der Waals surface area contributed by atoms with Crippen LogP contribution in [-0.4, -0.2) is 37.0 Å². The van der Waals surface area contributed by atoms with Gasteiger partial charge in [0.05, 0.1) is 19.5 Å². The number of benzene rings is 1. The van der Waals surface area contributed by atoms with Crippen LogP contribution in [0, 0.1) is 17.7 Å². The fourth-order valence-electron chi connectivity index (χ4n) is 2.16. The van der Waals surface area contributed by atoms with E-state index in [1.165, 1.54) is 25.0 Å². The van der Waals surface area contributed by atoms with Crippen LogP contribution in [0.15, 0.2) is 24.3 Å². The molecule has 1 N–H and O–H groups in total. The second-order valence-corrected chi connectivity index (χ2v) is 4.92. The second-order valence-electron chi connectivity index (χ2n) is 4.92. The molecule has 106 valence electrons. The highest BCUT2D eigenvalue weighted by Crippen LogP contribution is 2.05. The molecule has 1 aromatic carbocycles. The lowest BCUT2D eigenvalue weighted by Crippen LogP contribution is -2.25. The molecular weight excluding hydrogens is 255 g/mol. The maximum atomic E-state index is 12.7. The number of halogens is 1. The Balaban J connectivity index is 1.64. The summed E-state index contributed by atoms with van der Waals surface area (Å²) in [5.41, 5.74) is 0.800. The molecule has 0 saturated carbocycles. The minimum Gasteiger partial charge on any atom is -0.345 e. The maximum Gasteiger partial charge on any atom is 0.225 e. The van der Waals surface area contributed by atoms with Gasteiger partial charge in [-0.3, -0.25) is 9.69 Å². The van der Waals surface area contributed by atoms with Gasteiger partial charge in [0.15, 0.2) is 0 Å². The van der Waals surface area contributed by atoms with Crippen LogP contribution in [-0.2, 0) is 11.2 Å². The Morgan fingerprint density at radius 1 is 1.20 bits per heavy atom. The van der Waals surface area contributed by atoms with Crippen LogP contribution in [0.4, 0.5) is 4.39 Å². The number of hydrogen-bond acceptors (Lipinski definition) is 2. The fraction of sp³-hybridized carbons (Fsp3) is 0.438. The molecule has 1 aromatic rings. The van der Waals surface area contributed by atoms with Crippen molar-refractivity contribution in [3.63, 3.8) is 0 Å². The lowest BCUT2D eigenvalue weighted by molar-refractivity contribution is -0.120. The number of hydrogen-bond donors (Lipinski definition) is 1. The van der Waals surface area contributed by atoms with Crippen LogP contribution in [0.1, 0.15) is 18.4 Å². The Labute approximate surface area is 119 Å². The molecule has 1 saturated heterocycles. The third-order valence-electron chi connectivity index (χ3n) is 3.28. The van der Waals surface area contributed by atoms with Gasteiger partial charge in [-0.15, -0.1) is 0 Å². The van der Waals surface area contributed by atoms with Crippen molar-refractivity contribution in [3.8, 4) is 11.8 Å². The SMILES string of the molecule is O=C(Cc1ccc(F)cc1)NCC#CCN1CCCC1. The molecule has 1 heterocycles. The zero-order valence-electron chi connectivity index (χ0n) is 11.5. The number of carbonyl (C=O) groups is 1. The van der Waals surface area contributed by atoms with E-state index in [9.17, 15) is 9.18 Å². The van der Waals surface area contributed by atoms with Gasteiger partial charge < -0.3 is 5.32 Å². The Morgan fingerprint density at radius 2 is 1.90 bits per heavy atom. The van der Waals surface area contributed by atoms with E-state index >= 15 is 0 Å². The molecule has 0 unspecified atom stereocenters. The Morgan fingerprint density at radius 3 is 2.60 bits per heavy atom. The minimum atomic E-state index is -0.290. The number of carbonyl (C=O) groups excluding carboxylic acids is 1. The summed E-state index contributed by atoms with van der Waals surface area (Å²) in [6, 6.07) is 5.96. The minimum absolute atomic E-state index is 0.0907. The first-order valence-electron chi connectivity index (χ1n) is 6.93. The van der Waals surface area contributed by atoms with Crippen LogP contribution >= 0.6 is 0 Å². The summed E-state index contributed by atoms with van der Waals surface area (Å²) < 4.78 is 12.7. The molecule has 4 heteroatoms. The zero-order valence-corrected chi connectivity index (χ0v) is 11.5. The highest BCUT2D eigenvalue weighted by Gasteiger charge is 2.08. The number of rotatable bonds is 4. The van der Waals surface area contributed by atoms with Gasteiger partial charge in [0, 0.05) is 0 Å². The van der Waals surface area contributed by atoms with Crippen LogP contribution < -0.4 is 5.32 Å². The van der Waals surface area contributed by atoms with E-state index < -0.39 is 0 Å². The normalized spacial score (nSPS) is 14.7. The van der Waals surface area contributed by atoms with Gasteiger partial charge in [0.2, 0.25) is 5.91 Å². The third-order valence-corrected chi connectivity index (χ3v) is 3.28. The predicted octanol–water partition coefficient (Wildman–Crippen LogP) is 1.58. The van der Waals surface area contributed by atoms with E-state index in [1.807, 2.05) is 0 Å².